The van der Waals surface area contributed by atoms with Gasteiger partial charge in [-0.25, -0.2) is 0 Å². The molecule has 1 aliphatic heterocycles. The zero-order chi connectivity index (χ0) is 22.5. The third-order valence-corrected chi connectivity index (χ3v) is 6.27. The van der Waals surface area contributed by atoms with Gasteiger partial charge in [0.15, 0.2) is 10.6 Å². The number of nitrogens with one attached hydrogen (secondary N) is 1. The number of carbonyl (C=O) groups excluding carboxylic acids is 1. The SMILES string of the molecule is COc1ccc(CCN2CCN(C(=O)Cn3c(-c4ccc(C)cc4)n[nH]c3=S)CC2)cc1. The molecule has 0 saturated carbocycles. The topological polar surface area (TPSA) is 66.4 Å². The zero-order valence-corrected chi connectivity index (χ0v) is 19.4. The van der Waals surface area contributed by atoms with E-state index in [1.807, 2.05) is 48.2 Å². The molecule has 7 nitrogen and oxygen atoms in total. The number of hydrogen-bond acceptors (Lipinski definition) is 5. The van der Waals surface area contributed by atoms with Crippen LogP contribution in [0.1, 0.15) is 11.1 Å². The number of H-pyrrole nitrogens is 1. The predicted molar refractivity (Wildman–Crippen MR) is 127 cm³/mol. The molecular formula is C24H29N5O2S. The molecule has 1 fully saturated rings. The van der Waals surface area contributed by atoms with E-state index in [9.17, 15) is 4.79 Å². The Morgan fingerprint density at radius 3 is 2.41 bits per heavy atom. The van der Waals surface area contributed by atoms with Gasteiger partial charge in [-0.05, 0) is 43.3 Å². The normalized spacial score (nSPS) is 14.5. The van der Waals surface area contributed by atoms with Crippen LogP contribution in [0, 0.1) is 11.7 Å². The summed E-state index contributed by atoms with van der Waals surface area (Å²) in [4.78, 5) is 17.3. The lowest BCUT2D eigenvalue weighted by molar-refractivity contribution is -0.133. The number of aromatic nitrogens is 3. The molecule has 0 atom stereocenters. The molecule has 0 spiro atoms. The molecule has 0 unspecified atom stereocenters. The number of hydrogen-bond donors (Lipinski definition) is 1. The van der Waals surface area contributed by atoms with Gasteiger partial charge in [-0.15, -0.1) is 0 Å². The summed E-state index contributed by atoms with van der Waals surface area (Å²) in [5.41, 5.74) is 3.41. The van der Waals surface area contributed by atoms with Gasteiger partial charge in [0.05, 0.1) is 7.11 Å². The Hall–Kier alpha value is -2.97. The minimum atomic E-state index is 0.0747. The Kier molecular flexibility index (Phi) is 7.02. The average molecular weight is 452 g/mol. The second kappa shape index (κ2) is 10.1. The van der Waals surface area contributed by atoms with Crippen LogP contribution >= 0.6 is 12.2 Å². The molecule has 2 heterocycles. The highest BCUT2D eigenvalue weighted by molar-refractivity contribution is 7.71. The molecule has 1 aliphatic rings. The number of rotatable bonds is 7. The molecule has 1 aromatic heterocycles. The first-order valence-corrected chi connectivity index (χ1v) is 11.3. The summed E-state index contributed by atoms with van der Waals surface area (Å²) in [7, 11) is 1.68. The van der Waals surface area contributed by atoms with Crippen molar-refractivity contribution in [2.75, 3.05) is 39.8 Å². The van der Waals surface area contributed by atoms with Gasteiger partial charge in [0.2, 0.25) is 5.91 Å². The highest BCUT2D eigenvalue weighted by Crippen LogP contribution is 2.18. The fourth-order valence-electron chi connectivity index (χ4n) is 3.92. The molecule has 8 heteroatoms. The van der Waals surface area contributed by atoms with E-state index < -0.39 is 0 Å². The van der Waals surface area contributed by atoms with Gasteiger partial charge in [0.1, 0.15) is 12.3 Å². The average Bonchev–Trinajstić information content (AvgIpc) is 3.18. The van der Waals surface area contributed by atoms with E-state index in [2.05, 4.69) is 27.2 Å². The van der Waals surface area contributed by atoms with E-state index in [0.29, 0.717) is 10.6 Å². The number of ether oxygens (including phenoxy) is 1. The largest absolute Gasteiger partial charge is 0.497 e. The van der Waals surface area contributed by atoms with Crippen molar-refractivity contribution in [1.82, 2.24) is 24.6 Å². The summed E-state index contributed by atoms with van der Waals surface area (Å²) < 4.78 is 7.47. The highest BCUT2D eigenvalue weighted by atomic mass is 32.1. The van der Waals surface area contributed by atoms with Crippen molar-refractivity contribution in [3.63, 3.8) is 0 Å². The Morgan fingerprint density at radius 1 is 1.06 bits per heavy atom. The molecule has 1 N–H and O–H groups in total. The van der Waals surface area contributed by atoms with E-state index in [1.54, 1.807) is 11.7 Å². The summed E-state index contributed by atoms with van der Waals surface area (Å²) in [6.07, 6.45) is 0.988. The smallest absolute Gasteiger partial charge is 0.242 e. The Balaban J connectivity index is 1.31. The predicted octanol–water partition coefficient (Wildman–Crippen LogP) is 3.31. The van der Waals surface area contributed by atoms with Crippen molar-refractivity contribution in [3.05, 3.63) is 64.4 Å². The number of aromatic amines is 1. The number of amides is 1. The number of benzene rings is 2. The van der Waals surface area contributed by atoms with Crippen molar-refractivity contribution < 1.29 is 9.53 Å². The van der Waals surface area contributed by atoms with E-state index in [-0.39, 0.29) is 12.5 Å². The molecule has 168 valence electrons. The lowest BCUT2D eigenvalue weighted by atomic mass is 10.1. The van der Waals surface area contributed by atoms with Gasteiger partial charge in [-0.1, -0.05) is 42.0 Å². The Morgan fingerprint density at radius 2 is 1.75 bits per heavy atom. The molecule has 0 bridgehead atoms. The minimum absolute atomic E-state index is 0.0747. The van der Waals surface area contributed by atoms with Crippen molar-refractivity contribution >= 4 is 18.1 Å². The molecule has 1 saturated heterocycles. The van der Waals surface area contributed by atoms with Crippen molar-refractivity contribution in [3.8, 4) is 17.1 Å². The fraction of sp³-hybridized carbons (Fsp3) is 0.375. The van der Waals surface area contributed by atoms with Crippen LogP contribution in [0.2, 0.25) is 0 Å². The number of methoxy groups -OCH3 is 1. The molecule has 0 radical (unpaired) electrons. The van der Waals surface area contributed by atoms with Crippen LogP contribution in [0.15, 0.2) is 48.5 Å². The highest BCUT2D eigenvalue weighted by Gasteiger charge is 2.22. The van der Waals surface area contributed by atoms with E-state index >= 15 is 0 Å². The second-order valence-electron chi connectivity index (χ2n) is 8.13. The summed E-state index contributed by atoms with van der Waals surface area (Å²) in [6, 6.07) is 16.3. The molecule has 32 heavy (non-hydrogen) atoms. The first-order chi connectivity index (χ1) is 15.5. The summed E-state index contributed by atoms with van der Waals surface area (Å²) in [5.74, 6) is 1.65. The first-order valence-electron chi connectivity index (χ1n) is 10.9. The van der Waals surface area contributed by atoms with Crippen molar-refractivity contribution in [2.45, 2.75) is 19.9 Å². The van der Waals surface area contributed by atoms with Crippen LogP contribution in [-0.4, -0.2) is 70.3 Å². The van der Waals surface area contributed by atoms with Gasteiger partial charge < -0.3 is 9.64 Å². The van der Waals surface area contributed by atoms with Crippen molar-refractivity contribution in [2.24, 2.45) is 0 Å². The third-order valence-electron chi connectivity index (χ3n) is 5.96. The quantitative estimate of drug-likeness (QED) is 0.559. The molecule has 3 aromatic rings. The lowest BCUT2D eigenvalue weighted by Crippen LogP contribution is -2.49. The number of piperazine rings is 1. The van der Waals surface area contributed by atoms with Gasteiger partial charge in [-0.2, -0.15) is 5.10 Å². The number of carbonyl (C=O) groups is 1. The monoisotopic (exact) mass is 451 g/mol. The van der Waals surface area contributed by atoms with Crippen LogP contribution in [-0.2, 0) is 17.8 Å². The zero-order valence-electron chi connectivity index (χ0n) is 18.6. The Bertz CT molecular complexity index is 1100. The minimum Gasteiger partial charge on any atom is -0.497 e. The van der Waals surface area contributed by atoms with Gasteiger partial charge in [0.25, 0.3) is 0 Å². The van der Waals surface area contributed by atoms with Crippen molar-refractivity contribution in [1.29, 1.82) is 0 Å². The van der Waals surface area contributed by atoms with E-state index in [4.69, 9.17) is 17.0 Å². The maximum Gasteiger partial charge on any atom is 0.242 e. The molecule has 2 aromatic carbocycles. The van der Waals surface area contributed by atoms with Crippen LogP contribution in [0.5, 0.6) is 5.75 Å². The molecule has 4 rings (SSSR count). The lowest BCUT2D eigenvalue weighted by Gasteiger charge is -2.34. The Labute approximate surface area is 193 Å². The van der Waals surface area contributed by atoms with Crippen LogP contribution in [0.3, 0.4) is 0 Å². The molecule has 1 amide bonds. The maximum atomic E-state index is 13.0. The molecule has 0 aliphatic carbocycles. The summed E-state index contributed by atoms with van der Waals surface area (Å²) in [6.45, 7) is 6.44. The van der Waals surface area contributed by atoms with E-state index in [0.717, 1.165) is 50.5 Å². The third kappa shape index (κ3) is 5.26. The number of nitrogens with zero attached hydrogens (tertiary/aromatic N) is 4. The van der Waals surface area contributed by atoms with Gasteiger partial charge in [0, 0.05) is 38.3 Å². The fourth-order valence-corrected chi connectivity index (χ4v) is 4.12. The maximum absolute atomic E-state index is 13.0. The number of aryl methyl sites for hydroxylation is 1. The standard InChI is InChI=1S/C24H29N5O2S/c1-18-3-7-20(8-4-18)23-25-26-24(32)29(23)17-22(30)28-15-13-27(14-16-28)12-11-19-5-9-21(31-2)10-6-19/h3-10H,11-17H2,1-2H3,(H,26,32). The van der Waals surface area contributed by atoms with Gasteiger partial charge in [-0.3, -0.25) is 19.4 Å². The summed E-state index contributed by atoms with van der Waals surface area (Å²) in [5, 5.41) is 7.18. The van der Waals surface area contributed by atoms with E-state index in [1.165, 1.54) is 11.1 Å². The van der Waals surface area contributed by atoms with Gasteiger partial charge >= 0.3 is 0 Å². The van der Waals surface area contributed by atoms with Crippen LogP contribution in [0.4, 0.5) is 0 Å². The van der Waals surface area contributed by atoms with Crippen LogP contribution < -0.4 is 4.74 Å². The summed E-state index contributed by atoms with van der Waals surface area (Å²) >= 11 is 5.39. The second-order valence-corrected chi connectivity index (χ2v) is 8.51. The molecular weight excluding hydrogens is 422 g/mol. The first kappa shape index (κ1) is 22.2. The van der Waals surface area contributed by atoms with Crippen LogP contribution in [0.25, 0.3) is 11.4 Å².